The summed E-state index contributed by atoms with van der Waals surface area (Å²) in [7, 11) is 0. The molecule has 0 heterocycles. The third kappa shape index (κ3) is 6.28. The van der Waals surface area contributed by atoms with E-state index in [0.29, 0.717) is 5.92 Å². The topological polar surface area (TPSA) is 0 Å². The summed E-state index contributed by atoms with van der Waals surface area (Å²) in [4.78, 5) is 0. The molecule has 1 aliphatic rings. The first kappa shape index (κ1) is 36.8. The van der Waals surface area contributed by atoms with Gasteiger partial charge in [-0.05, 0) is 170 Å². The fourth-order valence-corrected chi connectivity index (χ4v) is 10.9. The average Bonchev–Trinajstić information content (AvgIpc) is 3.36. The molecule has 0 spiro atoms. The first-order valence-electron chi connectivity index (χ1n) is 22.7. The van der Waals surface area contributed by atoms with Crippen molar-refractivity contribution in [3.05, 3.63) is 205 Å². The van der Waals surface area contributed by atoms with E-state index in [2.05, 4.69) is 201 Å². The van der Waals surface area contributed by atoms with Gasteiger partial charge in [0.25, 0.3) is 0 Å². The van der Waals surface area contributed by atoms with Crippen molar-refractivity contribution in [3.63, 3.8) is 0 Å². The maximum absolute atomic E-state index is 2.51. The molecule has 0 nitrogen and oxygen atoms in total. The van der Waals surface area contributed by atoms with E-state index in [1.54, 1.807) is 0 Å². The van der Waals surface area contributed by atoms with E-state index < -0.39 is 0 Å². The molecule has 1 aliphatic carbocycles. The van der Waals surface area contributed by atoms with Gasteiger partial charge in [-0.2, -0.15) is 0 Å². The van der Waals surface area contributed by atoms with Crippen LogP contribution in [0, 0.1) is 0 Å². The van der Waals surface area contributed by atoms with Crippen LogP contribution in [0.3, 0.4) is 0 Å². The Kier molecular flexibility index (Phi) is 9.00. The monoisotopic (exact) mass is 792 g/mol. The molecule has 1 saturated carbocycles. The van der Waals surface area contributed by atoms with Gasteiger partial charge in [-0.1, -0.05) is 196 Å². The molecular weight excluding hydrogens is 745 g/mol. The molecule has 0 aromatic heterocycles. The van der Waals surface area contributed by atoms with Gasteiger partial charge in [-0.15, -0.1) is 0 Å². The number of fused-ring (bicyclic) bond motifs is 12. The smallest absolute Gasteiger partial charge is 0.00928 e. The minimum atomic E-state index is 0.606. The second-order valence-corrected chi connectivity index (χ2v) is 17.7. The minimum Gasteiger partial charge on any atom is -0.0616 e. The van der Waals surface area contributed by atoms with Crippen LogP contribution < -0.4 is 0 Å². The lowest BCUT2D eigenvalue weighted by Crippen LogP contribution is -2.05. The second kappa shape index (κ2) is 15.2. The molecule has 1 fully saturated rings. The van der Waals surface area contributed by atoms with Crippen molar-refractivity contribution in [1.82, 2.24) is 0 Å². The van der Waals surface area contributed by atoms with Crippen LogP contribution in [-0.2, 0) is 6.42 Å². The summed E-state index contributed by atoms with van der Waals surface area (Å²) in [6.45, 7) is 2.27. The SMILES string of the molecule is CCc1cc(-c2ccc(-c3cc(-c4ccc5c6ccccc6c6ccccc6c5c4)cc(C4CCCCC4)c3)cc2)cc(-c2ccc3c4ccccc4c4ccccc4c3c2)c1. The third-order valence-corrected chi connectivity index (χ3v) is 14.1. The molecule has 0 atom stereocenters. The van der Waals surface area contributed by atoms with Gasteiger partial charge in [0.15, 0.2) is 0 Å². The van der Waals surface area contributed by atoms with Gasteiger partial charge >= 0.3 is 0 Å². The molecule has 0 aliphatic heterocycles. The quantitative estimate of drug-likeness (QED) is 0.147. The van der Waals surface area contributed by atoms with Crippen LogP contribution >= 0.6 is 0 Å². The normalized spacial score (nSPS) is 13.6. The average molecular weight is 793 g/mol. The molecule has 0 heteroatoms. The Morgan fingerprint density at radius 3 is 1.02 bits per heavy atom. The van der Waals surface area contributed by atoms with Crippen LogP contribution in [0.15, 0.2) is 194 Å². The highest BCUT2D eigenvalue weighted by molar-refractivity contribution is 6.27. The van der Waals surface area contributed by atoms with Gasteiger partial charge in [0.2, 0.25) is 0 Å². The summed E-state index contributed by atoms with van der Waals surface area (Å²) in [5.74, 6) is 0.606. The summed E-state index contributed by atoms with van der Waals surface area (Å²) >= 11 is 0. The maximum atomic E-state index is 2.51. The molecule has 11 aromatic carbocycles. The van der Waals surface area contributed by atoms with Crippen LogP contribution in [0.2, 0.25) is 0 Å². The van der Waals surface area contributed by atoms with Gasteiger partial charge in [0, 0.05) is 0 Å². The molecular formula is C62H48. The molecule has 62 heavy (non-hydrogen) atoms. The maximum Gasteiger partial charge on any atom is -0.00928 e. The molecule has 0 bridgehead atoms. The van der Waals surface area contributed by atoms with E-state index in [-0.39, 0.29) is 0 Å². The zero-order chi connectivity index (χ0) is 41.1. The zero-order valence-electron chi connectivity index (χ0n) is 35.3. The van der Waals surface area contributed by atoms with Crippen molar-refractivity contribution in [2.75, 3.05) is 0 Å². The van der Waals surface area contributed by atoms with Gasteiger partial charge in [0.1, 0.15) is 0 Å². The number of hydrogen-bond acceptors (Lipinski definition) is 0. The fraction of sp³-hybridized carbons (Fsp3) is 0.129. The van der Waals surface area contributed by atoms with Crippen molar-refractivity contribution >= 4 is 64.6 Å². The standard InChI is InChI=1S/C62H48/c1-2-40-32-46(34-47(33-40)44-28-30-59-55-20-8-6-16-51(55)53-18-10-12-22-57(53)61(59)38-44)42-24-26-43(27-25-42)49-35-48(41-14-4-3-5-15-41)36-50(37-49)45-29-31-60-56-21-9-7-17-52(56)54-19-11-13-23-58(54)62(60)39-45/h6-13,16-39,41H,2-5,14-15H2,1H3. The van der Waals surface area contributed by atoms with Crippen molar-refractivity contribution in [1.29, 1.82) is 0 Å². The lowest BCUT2D eigenvalue weighted by molar-refractivity contribution is 0.444. The largest absolute Gasteiger partial charge is 0.0616 e. The van der Waals surface area contributed by atoms with Crippen LogP contribution in [0.25, 0.3) is 109 Å². The Labute approximate surface area is 364 Å². The summed E-state index contributed by atoms with van der Waals surface area (Å²) < 4.78 is 0. The summed E-state index contributed by atoms with van der Waals surface area (Å²) in [5.41, 5.74) is 13.0. The van der Waals surface area contributed by atoms with E-state index in [0.717, 1.165) is 6.42 Å². The Hall–Kier alpha value is -7.02. The van der Waals surface area contributed by atoms with E-state index in [1.165, 1.54) is 152 Å². The zero-order valence-corrected chi connectivity index (χ0v) is 35.3. The number of rotatable bonds is 6. The first-order chi connectivity index (χ1) is 30.7. The van der Waals surface area contributed by atoms with Crippen LogP contribution in [0.5, 0.6) is 0 Å². The van der Waals surface area contributed by atoms with Gasteiger partial charge in [-0.25, -0.2) is 0 Å². The van der Waals surface area contributed by atoms with Crippen LogP contribution in [-0.4, -0.2) is 0 Å². The predicted molar refractivity (Wildman–Crippen MR) is 268 cm³/mol. The van der Waals surface area contributed by atoms with Crippen LogP contribution in [0.4, 0.5) is 0 Å². The summed E-state index contributed by atoms with van der Waals surface area (Å²) in [5, 5.41) is 15.8. The highest BCUT2D eigenvalue weighted by Crippen LogP contribution is 2.42. The summed E-state index contributed by atoms with van der Waals surface area (Å²) in [6, 6.07) is 73.8. The lowest BCUT2D eigenvalue weighted by Gasteiger charge is -2.23. The highest BCUT2D eigenvalue weighted by Gasteiger charge is 2.19. The molecule has 12 rings (SSSR count). The molecule has 296 valence electrons. The molecule has 0 saturated heterocycles. The third-order valence-electron chi connectivity index (χ3n) is 14.1. The molecule has 11 aromatic rings. The first-order valence-corrected chi connectivity index (χ1v) is 22.7. The number of benzene rings is 11. The fourth-order valence-electron chi connectivity index (χ4n) is 10.9. The molecule has 0 N–H and O–H groups in total. The molecule has 0 unspecified atom stereocenters. The minimum absolute atomic E-state index is 0.606. The van der Waals surface area contributed by atoms with Crippen molar-refractivity contribution in [2.45, 2.75) is 51.4 Å². The second-order valence-electron chi connectivity index (χ2n) is 17.7. The van der Waals surface area contributed by atoms with E-state index in [1.807, 2.05) is 0 Å². The molecule has 0 amide bonds. The molecule has 0 radical (unpaired) electrons. The van der Waals surface area contributed by atoms with Crippen molar-refractivity contribution < 1.29 is 0 Å². The number of aryl methyl sites for hydroxylation is 1. The Morgan fingerprint density at radius 2 is 0.613 bits per heavy atom. The van der Waals surface area contributed by atoms with Crippen LogP contribution in [0.1, 0.15) is 56.1 Å². The van der Waals surface area contributed by atoms with E-state index >= 15 is 0 Å². The van der Waals surface area contributed by atoms with Crippen molar-refractivity contribution in [3.8, 4) is 44.5 Å². The van der Waals surface area contributed by atoms with E-state index in [4.69, 9.17) is 0 Å². The van der Waals surface area contributed by atoms with Crippen molar-refractivity contribution in [2.24, 2.45) is 0 Å². The lowest BCUT2D eigenvalue weighted by atomic mass is 9.81. The Bertz CT molecular complexity index is 3450. The van der Waals surface area contributed by atoms with Gasteiger partial charge < -0.3 is 0 Å². The summed E-state index contributed by atoms with van der Waals surface area (Å²) in [6.07, 6.45) is 7.52. The number of hydrogen-bond donors (Lipinski definition) is 0. The van der Waals surface area contributed by atoms with Gasteiger partial charge in [-0.3, -0.25) is 0 Å². The Morgan fingerprint density at radius 1 is 0.290 bits per heavy atom. The van der Waals surface area contributed by atoms with Gasteiger partial charge in [0.05, 0.1) is 0 Å². The predicted octanol–water partition coefficient (Wildman–Crippen LogP) is 17.9. The Balaban J connectivity index is 0.943. The highest BCUT2D eigenvalue weighted by atomic mass is 14.2. The van der Waals surface area contributed by atoms with E-state index in [9.17, 15) is 0 Å².